The van der Waals surface area contributed by atoms with Crippen LogP contribution in [0.25, 0.3) is 10.2 Å². The normalized spacial score (nSPS) is 15.1. The summed E-state index contributed by atoms with van der Waals surface area (Å²) in [5, 5.41) is 4.03. The lowest BCUT2D eigenvalue weighted by atomic mass is 10.1. The molecule has 4 rings (SSSR count). The molecule has 0 saturated carbocycles. The van der Waals surface area contributed by atoms with Gasteiger partial charge in [-0.15, -0.1) is 11.3 Å². The molecule has 1 fully saturated rings. The van der Waals surface area contributed by atoms with E-state index in [1.54, 1.807) is 11.2 Å². The summed E-state index contributed by atoms with van der Waals surface area (Å²) >= 11 is 4.97. The number of quaternary nitrogens is 1. The zero-order chi connectivity index (χ0) is 20.5. The van der Waals surface area contributed by atoms with Crippen molar-refractivity contribution in [2.24, 2.45) is 0 Å². The van der Waals surface area contributed by atoms with Crippen molar-refractivity contribution in [3.05, 3.63) is 45.0 Å². The lowest BCUT2D eigenvalue weighted by Crippen LogP contribution is -3.14. The number of piperazine rings is 1. The van der Waals surface area contributed by atoms with E-state index in [0.29, 0.717) is 4.88 Å². The molecule has 1 amide bonds. The molecule has 8 heteroatoms. The maximum atomic E-state index is 13.0. The largest absolute Gasteiger partial charge is 0.345 e. The number of nitrogens with one attached hydrogen (secondary N) is 2. The maximum Gasteiger partial charge on any atom is 0.266 e. The van der Waals surface area contributed by atoms with E-state index in [0.717, 1.165) is 70.0 Å². The first-order chi connectivity index (χ1) is 14.0. The number of amides is 1. The van der Waals surface area contributed by atoms with Gasteiger partial charge in [0.25, 0.3) is 5.91 Å². The predicted molar refractivity (Wildman–Crippen MR) is 122 cm³/mol. The van der Waals surface area contributed by atoms with Crippen LogP contribution in [-0.4, -0.2) is 48.6 Å². The standard InChI is InChI=1S/C21H24BrN5OS/c1-4-26-7-9-27(10-8-26)19-17-14(3)18(29-21(17)24-12-23-19)20(28)25-16-6-5-13(2)11-15(16)22/h5-6,11-12H,4,7-10H2,1-3H3,(H,25,28)/p+1. The summed E-state index contributed by atoms with van der Waals surface area (Å²) in [6.07, 6.45) is 1.62. The highest BCUT2D eigenvalue weighted by atomic mass is 79.9. The van der Waals surface area contributed by atoms with Gasteiger partial charge in [0.2, 0.25) is 0 Å². The van der Waals surface area contributed by atoms with E-state index in [1.165, 1.54) is 11.3 Å². The fourth-order valence-corrected chi connectivity index (χ4v) is 5.43. The van der Waals surface area contributed by atoms with Gasteiger partial charge in [0.05, 0.1) is 48.7 Å². The molecule has 0 aliphatic carbocycles. The van der Waals surface area contributed by atoms with Gasteiger partial charge < -0.3 is 15.1 Å². The minimum atomic E-state index is -0.110. The second-order valence-electron chi connectivity index (χ2n) is 7.46. The molecule has 0 bridgehead atoms. The molecule has 2 aromatic heterocycles. The van der Waals surface area contributed by atoms with Gasteiger partial charge in [-0.3, -0.25) is 4.79 Å². The van der Waals surface area contributed by atoms with Gasteiger partial charge in [0.1, 0.15) is 17.0 Å². The van der Waals surface area contributed by atoms with Crippen LogP contribution in [0.5, 0.6) is 0 Å². The van der Waals surface area contributed by atoms with Crippen molar-refractivity contribution >= 4 is 54.9 Å². The second kappa shape index (κ2) is 8.38. The first kappa shape index (κ1) is 20.3. The molecule has 6 nitrogen and oxygen atoms in total. The number of likely N-dealkylation sites (N-methyl/N-ethyl adjacent to an activating group) is 1. The number of benzene rings is 1. The Bertz CT molecular complexity index is 1060. The topological polar surface area (TPSA) is 62.6 Å². The van der Waals surface area contributed by atoms with Gasteiger partial charge in [-0.25, -0.2) is 9.97 Å². The van der Waals surface area contributed by atoms with E-state index in [4.69, 9.17) is 0 Å². The van der Waals surface area contributed by atoms with Crippen LogP contribution in [-0.2, 0) is 0 Å². The number of hydrogen-bond acceptors (Lipinski definition) is 5. The first-order valence-corrected chi connectivity index (χ1v) is 11.5. The third-order valence-corrected chi connectivity index (χ3v) is 7.41. The van der Waals surface area contributed by atoms with E-state index < -0.39 is 0 Å². The summed E-state index contributed by atoms with van der Waals surface area (Å²) in [7, 11) is 0. The zero-order valence-corrected chi connectivity index (χ0v) is 19.3. The molecule has 152 valence electrons. The van der Waals surface area contributed by atoms with Crippen molar-refractivity contribution in [1.82, 2.24) is 9.97 Å². The molecule has 1 saturated heterocycles. The van der Waals surface area contributed by atoms with Crippen molar-refractivity contribution in [3.8, 4) is 0 Å². The lowest BCUT2D eigenvalue weighted by molar-refractivity contribution is -0.898. The lowest BCUT2D eigenvalue weighted by Gasteiger charge is -2.32. The third-order valence-electron chi connectivity index (χ3n) is 5.56. The predicted octanol–water partition coefficient (Wildman–Crippen LogP) is 3.05. The minimum absolute atomic E-state index is 0.110. The molecule has 0 spiro atoms. The number of hydrogen-bond donors (Lipinski definition) is 2. The Morgan fingerprint density at radius 2 is 2.03 bits per heavy atom. The summed E-state index contributed by atoms with van der Waals surface area (Å²) in [6.45, 7) is 11.6. The van der Waals surface area contributed by atoms with Crippen LogP contribution in [0.2, 0.25) is 0 Å². The second-order valence-corrected chi connectivity index (χ2v) is 9.32. The van der Waals surface area contributed by atoms with Crippen molar-refractivity contribution in [1.29, 1.82) is 0 Å². The van der Waals surface area contributed by atoms with Crippen LogP contribution < -0.4 is 15.1 Å². The van der Waals surface area contributed by atoms with E-state index in [1.807, 2.05) is 32.0 Å². The zero-order valence-electron chi connectivity index (χ0n) is 16.9. The molecule has 2 N–H and O–H groups in total. The van der Waals surface area contributed by atoms with E-state index in [9.17, 15) is 4.79 Å². The van der Waals surface area contributed by atoms with E-state index in [2.05, 4.69) is 43.0 Å². The van der Waals surface area contributed by atoms with Crippen molar-refractivity contribution < 1.29 is 9.69 Å². The average molecular weight is 475 g/mol. The number of aromatic nitrogens is 2. The number of carbonyl (C=O) groups excluding carboxylic acids is 1. The molecule has 29 heavy (non-hydrogen) atoms. The molecule has 1 aromatic carbocycles. The molecule has 0 atom stereocenters. The van der Waals surface area contributed by atoms with Gasteiger partial charge in [-0.1, -0.05) is 6.07 Å². The van der Waals surface area contributed by atoms with Crippen molar-refractivity contribution in [2.75, 3.05) is 42.9 Å². The summed E-state index contributed by atoms with van der Waals surface area (Å²) < 4.78 is 0.876. The molecular formula is C21H25BrN5OS+. The molecule has 3 aromatic rings. The Labute approximate surface area is 183 Å². The number of rotatable bonds is 4. The number of halogens is 1. The number of fused-ring (bicyclic) bond motifs is 1. The van der Waals surface area contributed by atoms with Crippen LogP contribution in [0.1, 0.15) is 27.7 Å². The Hall–Kier alpha value is -2.03. The van der Waals surface area contributed by atoms with Crippen LogP contribution >= 0.6 is 27.3 Å². The van der Waals surface area contributed by atoms with Crippen LogP contribution in [0.15, 0.2) is 29.0 Å². The third kappa shape index (κ3) is 4.01. The summed E-state index contributed by atoms with van der Waals surface area (Å²) in [5.41, 5.74) is 2.85. The smallest absolute Gasteiger partial charge is 0.266 e. The number of anilines is 2. The first-order valence-electron chi connectivity index (χ1n) is 9.88. The van der Waals surface area contributed by atoms with Crippen LogP contribution in [0.3, 0.4) is 0 Å². The summed E-state index contributed by atoms with van der Waals surface area (Å²) in [5.74, 6) is 0.843. The van der Waals surface area contributed by atoms with E-state index in [-0.39, 0.29) is 5.91 Å². The Morgan fingerprint density at radius 1 is 1.28 bits per heavy atom. The fourth-order valence-electron chi connectivity index (χ4n) is 3.80. The molecule has 3 heterocycles. The average Bonchev–Trinajstić information content (AvgIpc) is 3.07. The molecular weight excluding hydrogens is 450 g/mol. The monoisotopic (exact) mass is 474 g/mol. The number of aryl methyl sites for hydroxylation is 2. The molecule has 1 aliphatic heterocycles. The SMILES string of the molecule is CC[NH+]1CCN(c2ncnc3sc(C(=O)Nc4ccc(C)cc4Br)c(C)c23)CC1. The number of thiophene rings is 1. The quantitative estimate of drug-likeness (QED) is 0.609. The Morgan fingerprint density at radius 3 is 2.72 bits per heavy atom. The molecule has 1 aliphatic rings. The Balaban J connectivity index is 1.65. The summed E-state index contributed by atoms with van der Waals surface area (Å²) in [6, 6.07) is 5.90. The van der Waals surface area contributed by atoms with Gasteiger partial charge in [0.15, 0.2) is 0 Å². The van der Waals surface area contributed by atoms with Crippen molar-refractivity contribution in [3.63, 3.8) is 0 Å². The molecule has 0 unspecified atom stereocenters. The highest BCUT2D eigenvalue weighted by Crippen LogP contribution is 2.35. The minimum Gasteiger partial charge on any atom is -0.345 e. The molecule has 0 radical (unpaired) electrons. The van der Waals surface area contributed by atoms with Gasteiger partial charge >= 0.3 is 0 Å². The van der Waals surface area contributed by atoms with Crippen LogP contribution in [0, 0.1) is 13.8 Å². The van der Waals surface area contributed by atoms with Gasteiger partial charge in [0, 0.05) is 4.47 Å². The highest BCUT2D eigenvalue weighted by Gasteiger charge is 2.25. The summed E-state index contributed by atoms with van der Waals surface area (Å²) in [4.78, 5) is 27.6. The maximum absolute atomic E-state index is 13.0. The number of carbonyl (C=O) groups is 1. The highest BCUT2D eigenvalue weighted by molar-refractivity contribution is 9.10. The van der Waals surface area contributed by atoms with Gasteiger partial charge in [-0.05, 0) is 60.0 Å². The van der Waals surface area contributed by atoms with Crippen LogP contribution in [0.4, 0.5) is 11.5 Å². The number of nitrogens with zero attached hydrogens (tertiary/aromatic N) is 3. The van der Waals surface area contributed by atoms with Crippen molar-refractivity contribution in [2.45, 2.75) is 20.8 Å². The Kier molecular flexibility index (Phi) is 5.85. The fraction of sp³-hybridized carbons (Fsp3) is 0.381. The van der Waals surface area contributed by atoms with Gasteiger partial charge in [-0.2, -0.15) is 0 Å². The van der Waals surface area contributed by atoms with E-state index >= 15 is 0 Å².